The first-order valence-electron chi connectivity index (χ1n) is 8.16. The predicted molar refractivity (Wildman–Crippen MR) is 87.7 cm³/mol. The Bertz CT molecular complexity index is 655. The van der Waals surface area contributed by atoms with Crippen LogP contribution in [0.3, 0.4) is 0 Å². The van der Waals surface area contributed by atoms with Crippen LogP contribution in [0.1, 0.15) is 34.6 Å². The number of hydrogen-bond acceptors (Lipinski definition) is 6. The molecule has 2 atom stereocenters. The van der Waals surface area contributed by atoms with Gasteiger partial charge in [-0.15, -0.1) is 0 Å². The van der Waals surface area contributed by atoms with Gasteiger partial charge in [0, 0.05) is 18.2 Å². The van der Waals surface area contributed by atoms with E-state index in [1.54, 1.807) is 13.0 Å². The third-order valence-corrected chi connectivity index (χ3v) is 4.59. The molecule has 1 aliphatic carbocycles. The number of imide groups is 1. The fourth-order valence-electron chi connectivity index (χ4n) is 3.15. The molecule has 2 amide bonds. The average molecular weight is 349 g/mol. The number of carbonyl (C=O) groups is 4. The number of allylic oxidation sites excluding steroid dienone is 1. The summed E-state index contributed by atoms with van der Waals surface area (Å²) in [5, 5.41) is 0. The molecule has 0 aromatic carbocycles. The van der Waals surface area contributed by atoms with E-state index in [0.717, 1.165) is 17.1 Å². The van der Waals surface area contributed by atoms with E-state index in [-0.39, 0.29) is 17.9 Å². The fraction of sp³-hybridized carbons (Fsp3) is 0.556. The molecule has 2 rings (SSSR count). The van der Waals surface area contributed by atoms with Gasteiger partial charge >= 0.3 is 11.9 Å². The van der Waals surface area contributed by atoms with Crippen LogP contribution in [0.4, 0.5) is 0 Å². The molecule has 0 N–H and O–H groups in total. The summed E-state index contributed by atoms with van der Waals surface area (Å²) in [5.74, 6) is -2.65. The summed E-state index contributed by atoms with van der Waals surface area (Å²) < 4.78 is 10.3. The minimum absolute atomic E-state index is 0.177. The Morgan fingerprint density at radius 3 is 2.32 bits per heavy atom. The molecule has 136 valence electrons. The van der Waals surface area contributed by atoms with E-state index >= 15 is 0 Å². The molecule has 2 aliphatic rings. The summed E-state index contributed by atoms with van der Waals surface area (Å²) in [6.07, 6.45) is 5.24. The van der Waals surface area contributed by atoms with E-state index in [1.807, 2.05) is 13.8 Å². The molecule has 1 heterocycles. The van der Waals surface area contributed by atoms with Gasteiger partial charge in [-0.05, 0) is 32.1 Å². The summed E-state index contributed by atoms with van der Waals surface area (Å²) in [6.45, 7) is 8.76. The van der Waals surface area contributed by atoms with Gasteiger partial charge in [0.25, 0.3) is 11.8 Å². The quantitative estimate of drug-likeness (QED) is 0.411. The Kier molecular flexibility index (Phi) is 4.88. The molecular weight excluding hydrogens is 326 g/mol. The van der Waals surface area contributed by atoms with Crippen LogP contribution in [0.25, 0.3) is 0 Å². The lowest BCUT2D eigenvalue weighted by Gasteiger charge is -2.33. The molecule has 0 unspecified atom stereocenters. The monoisotopic (exact) mass is 349 g/mol. The maximum Gasteiger partial charge on any atom is 0.330 e. The topological polar surface area (TPSA) is 90.0 Å². The van der Waals surface area contributed by atoms with Gasteiger partial charge in [-0.25, -0.2) is 9.69 Å². The summed E-state index contributed by atoms with van der Waals surface area (Å²) in [7, 11) is 0. The number of esters is 2. The molecule has 0 aromatic rings. The Morgan fingerprint density at radius 1 is 1.24 bits per heavy atom. The molecule has 7 heteroatoms. The van der Waals surface area contributed by atoms with Crippen molar-refractivity contribution in [3.8, 4) is 0 Å². The number of carbonyl (C=O) groups excluding carboxylic acids is 4. The van der Waals surface area contributed by atoms with E-state index in [1.165, 1.54) is 19.9 Å². The smallest absolute Gasteiger partial charge is 0.330 e. The van der Waals surface area contributed by atoms with E-state index < -0.39 is 35.4 Å². The Labute approximate surface area is 146 Å². The van der Waals surface area contributed by atoms with Crippen molar-refractivity contribution in [1.82, 2.24) is 4.90 Å². The first kappa shape index (κ1) is 18.9. The molecule has 1 saturated carbocycles. The van der Waals surface area contributed by atoms with Gasteiger partial charge in [0.05, 0.1) is 12.5 Å². The number of rotatable bonds is 6. The Hall–Kier alpha value is -2.44. The van der Waals surface area contributed by atoms with Gasteiger partial charge in [-0.1, -0.05) is 19.9 Å². The van der Waals surface area contributed by atoms with Crippen molar-refractivity contribution in [2.24, 2.45) is 17.3 Å². The fourth-order valence-corrected chi connectivity index (χ4v) is 3.15. The lowest BCUT2D eigenvalue weighted by Crippen LogP contribution is -2.50. The SMILES string of the molecule is CCOC(=O)/C=C\[C@H]1[C@@H](C(=O)OC(C)(C)N2C(=O)C=CC2=O)C1(C)C. The lowest BCUT2D eigenvalue weighted by atomic mass is 10.1. The van der Waals surface area contributed by atoms with Crippen LogP contribution in [-0.2, 0) is 28.7 Å². The number of amides is 2. The minimum atomic E-state index is -1.39. The molecule has 1 aliphatic heterocycles. The van der Waals surface area contributed by atoms with Crippen LogP contribution in [0.5, 0.6) is 0 Å². The largest absolute Gasteiger partial charge is 0.463 e. The van der Waals surface area contributed by atoms with Gasteiger partial charge in [0.2, 0.25) is 0 Å². The maximum absolute atomic E-state index is 12.5. The molecule has 0 bridgehead atoms. The highest BCUT2D eigenvalue weighted by atomic mass is 16.6. The van der Waals surface area contributed by atoms with Crippen molar-refractivity contribution >= 4 is 23.8 Å². The average Bonchev–Trinajstić information content (AvgIpc) is 2.85. The van der Waals surface area contributed by atoms with Crippen LogP contribution in [0, 0.1) is 17.3 Å². The van der Waals surface area contributed by atoms with Crippen LogP contribution in [-0.4, -0.2) is 41.0 Å². The highest BCUT2D eigenvalue weighted by molar-refractivity contribution is 6.13. The first-order chi connectivity index (χ1) is 11.5. The van der Waals surface area contributed by atoms with Gasteiger partial charge in [0.1, 0.15) is 0 Å². The molecule has 0 aromatic heterocycles. The van der Waals surface area contributed by atoms with Crippen LogP contribution in [0.15, 0.2) is 24.3 Å². The van der Waals surface area contributed by atoms with Gasteiger partial charge in [-0.2, -0.15) is 0 Å². The van der Waals surface area contributed by atoms with Crippen molar-refractivity contribution in [3.63, 3.8) is 0 Å². The van der Waals surface area contributed by atoms with Gasteiger partial charge < -0.3 is 9.47 Å². The Balaban J connectivity index is 2.04. The molecule has 0 radical (unpaired) electrons. The van der Waals surface area contributed by atoms with Crippen LogP contribution >= 0.6 is 0 Å². The predicted octanol–water partition coefficient (Wildman–Crippen LogP) is 1.58. The zero-order chi connectivity index (χ0) is 19.0. The summed E-state index contributed by atoms with van der Waals surface area (Å²) in [6, 6.07) is 0. The molecule has 25 heavy (non-hydrogen) atoms. The van der Waals surface area contributed by atoms with Crippen molar-refractivity contribution in [2.45, 2.75) is 40.3 Å². The second kappa shape index (κ2) is 6.46. The first-order valence-corrected chi connectivity index (χ1v) is 8.16. The zero-order valence-corrected chi connectivity index (χ0v) is 15.1. The second-order valence-corrected chi connectivity index (χ2v) is 7.15. The lowest BCUT2D eigenvalue weighted by molar-refractivity contribution is -0.183. The van der Waals surface area contributed by atoms with E-state index in [9.17, 15) is 19.2 Å². The van der Waals surface area contributed by atoms with Crippen molar-refractivity contribution in [3.05, 3.63) is 24.3 Å². The van der Waals surface area contributed by atoms with Crippen molar-refractivity contribution < 1.29 is 28.7 Å². The van der Waals surface area contributed by atoms with E-state index in [4.69, 9.17) is 9.47 Å². The van der Waals surface area contributed by atoms with Gasteiger partial charge in [0.15, 0.2) is 5.72 Å². The standard InChI is InChI=1S/C18H23NO6/c1-6-24-14(22)10-7-11-15(17(11,2)3)16(23)25-18(4,5)19-12(20)8-9-13(19)21/h7-11,15H,6H2,1-5H3/b10-7-/t11-,15-/m0/s1. The molecule has 0 saturated heterocycles. The van der Waals surface area contributed by atoms with Crippen molar-refractivity contribution in [2.75, 3.05) is 6.61 Å². The number of ether oxygens (including phenoxy) is 2. The van der Waals surface area contributed by atoms with Crippen LogP contribution in [0.2, 0.25) is 0 Å². The van der Waals surface area contributed by atoms with Gasteiger partial charge in [-0.3, -0.25) is 14.4 Å². The highest BCUT2D eigenvalue weighted by Gasteiger charge is 2.62. The maximum atomic E-state index is 12.5. The third kappa shape index (κ3) is 3.65. The summed E-state index contributed by atoms with van der Waals surface area (Å²) in [4.78, 5) is 48.5. The molecule has 7 nitrogen and oxygen atoms in total. The minimum Gasteiger partial charge on any atom is -0.463 e. The number of nitrogens with zero attached hydrogens (tertiary/aromatic N) is 1. The second-order valence-electron chi connectivity index (χ2n) is 7.15. The summed E-state index contributed by atoms with van der Waals surface area (Å²) >= 11 is 0. The van der Waals surface area contributed by atoms with Crippen LogP contribution < -0.4 is 0 Å². The highest BCUT2D eigenvalue weighted by Crippen LogP contribution is 2.59. The summed E-state index contributed by atoms with van der Waals surface area (Å²) in [5.41, 5.74) is -1.77. The normalized spacial score (nSPS) is 24.8. The third-order valence-electron chi connectivity index (χ3n) is 4.59. The molecular formula is C18H23NO6. The Morgan fingerprint density at radius 2 is 1.80 bits per heavy atom. The van der Waals surface area contributed by atoms with E-state index in [2.05, 4.69) is 0 Å². The van der Waals surface area contributed by atoms with E-state index in [0.29, 0.717) is 0 Å². The number of hydrogen-bond donors (Lipinski definition) is 0. The molecule has 0 spiro atoms. The zero-order valence-electron chi connectivity index (χ0n) is 15.1. The van der Waals surface area contributed by atoms with Crippen molar-refractivity contribution in [1.29, 1.82) is 0 Å². The molecule has 1 fully saturated rings.